The van der Waals surface area contributed by atoms with Crippen molar-refractivity contribution in [2.24, 2.45) is 7.05 Å². The summed E-state index contributed by atoms with van der Waals surface area (Å²) in [5.74, 6) is 0. The van der Waals surface area contributed by atoms with Gasteiger partial charge in [0.1, 0.15) is 0 Å². The highest BCUT2D eigenvalue weighted by Crippen LogP contribution is 2.28. The molecule has 17 heavy (non-hydrogen) atoms. The Hall–Kier alpha value is -0.840. The van der Waals surface area contributed by atoms with Gasteiger partial charge in [0.2, 0.25) is 0 Å². The van der Waals surface area contributed by atoms with Gasteiger partial charge in [-0.05, 0) is 24.7 Å². The molecule has 0 saturated heterocycles. The lowest BCUT2D eigenvalue weighted by atomic mass is 10.0. The fourth-order valence-electron chi connectivity index (χ4n) is 1.89. The molecule has 2 rings (SSSR count). The van der Waals surface area contributed by atoms with E-state index in [1.165, 1.54) is 0 Å². The molecular weight excluding hydrogens is 302 g/mol. The monoisotopic (exact) mass is 313 g/mol. The van der Waals surface area contributed by atoms with Crippen molar-refractivity contribution >= 4 is 27.5 Å². The Bertz CT molecular complexity index is 505. The summed E-state index contributed by atoms with van der Waals surface area (Å²) in [6.07, 6.45) is 1.67. The van der Waals surface area contributed by atoms with Crippen LogP contribution in [0.2, 0.25) is 5.02 Å². The highest BCUT2D eigenvalue weighted by molar-refractivity contribution is 9.10. The smallest absolute Gasteiger partial charge is 0.0837 e. The molecule has 3 nitrogen and oxygen atoms in total. The first-order valence-electron chi connectivity index (χ1n) is 5.23. The largest absolute Gasteiger partial charge is 0.308 e. The molecule has 1 aromatic heterocycles. The molecule has 0 bridgehead atoms. The second kappa shape index (κ2) is 5.21. The van der Waals surface area contributed by atoms with Crippen molar-refractivity contribution < 1.29 is 0 Å². The predicted molar refractivity (Wildman–Crippen MR) is 73.3 cm³/mol. The highest BCUT2D eigenvalue weighted by Gasteiger charge is 2.19. The first-order chi connectivity index (χ1) is 8.13. The lowest BCUT2D eigenvalue weighted by molar-refractivity contribution is 0.606. The summed E-state index contributed by atoms with van der Waals surface area (Å²) in [4.78, 5) is 0. The number of nitrogens with one attached hydrogen (secondary N) is 1. The second-order valence-electron chi connectivity index (χ2n) is 3.78. The van der Waals surface area contributed by atoms with Crippen molar-refractivity contribution in [1.82, 2.24) is 15.1 Å². The summed E-state index contributed by atoms with van der Waals surface area (Å²) >= 11 is 9.65. The number of hydrogen-bond donors (Lipinski definition) is 1. The third kappa shape index (κ3) is 2.54. The van der Waals surface area contributed by atoms with Crippen molar-refractivity contribution in [2.45, 2.75) is 6.04 Å². The SMILES string of the molecule is CNC(c1cccc(Br)c1)c1c(Cl)cnn1C. The van der Waals surface area contributed by atoms with E-state index in [1.807, 2.05) is 26.2 Å². The van der Waals surface area contributed by atoms with Crippen LogP contribution < -0.4 is 5.32 Å². The molecule has 1 unspecified atom stereocenters. The van der Waals surface area contributed by atoms with Gasteiger partial charge < -0.3 is 5.32 Å². The van der Waals surface area contributed by atoms with Gasteiger partial charge in [0.05, 0.1) is 23.0 Å². The molecule has 0 saturated carbocycles. The van der Waals surface area contributed by atoms with Gasteiger partial charge in [-0.25, -0.2) is 0 Å². The van der Waals surface area contributed by atoms with Gasteiger partial charge in [-0.1, -0.05) is 39.7 Å². The Morgan fingerprint density at radius 1 is 1.47 bits per heavy atom. The molecule has 1 atom stereocenters. The molecule has 1 N–H and O–H groups in total. The van der Waals surface area contributed by atoms with Crippen molar-refractivity contribution in [3.8, 4) is 0 Å². The molecule has 0 radical (unpaired) electrons. The van der Waals surface area contributed by atoms with E-state index in [2.05, 4.69) is 38.5 Å². The molecule has 90 valence electrons. The lowest BCUT2D eigenvalue weighted by Gasteiger charge is -2.18. The molecule has 0 amide bonds. The Morgan fingerprint density at radius 3 is 2.76 bits per heavy atom. The molecule has 0 aliphatic carbocycles. The molecule has 0 spiro atoms. The normalized spacial score (nSPS) is 12.7. The van der Waals surface area contributed by atoms with Crippen LogP contribution in [0.5, 0.6) is 0 Å². The Morgan fingerprint density at radius 2 is 2.24 bits per heavy atom. The minimum atomic E-state index is 0.0347. The van der Waals surface area contributed by atoms with Crippen molar-refractivity contribution in [3.05, 3.63) is 51.2 Å². The standard InChI is InChI=1S/C12H13BrClN3/c1-15-11(8-4-3-5-9(13)6-8)12-10(14)7-16-17(12)2/h3-7,11,15H,1-2H3. The minimum absolute atomic E-state index is 0.0347. The maximum Gasteiger partial charge on any atom is 0.0837 e. The first kappa shape index (κ1) is 12.6. The Balaban J connectivity index is 2.47. The van der Waals surface area contributed by atoms with Crippen LogP contribution in [0.15, 0.2) is 34.9 Å². The maximum atomic E-state index is 6.17. The zero-order valence-corrected chi connectivity index (χ0v) is 12.0. The molecule has 1 heterocycles. The Labute approximate surface area is 114 Å². The summed E-state index contributed by atoms with van der Waals surface area (Å²) in [5.41, 5.74) is 2.11. The molecular formula is C12H13BrClN3. The molecule has 5 heteroatoms. The van der Waals surface area contributed by atoms with E-state index >= 15 is 0 Å². The topological polar surface area (TPSA) is 29.9 Å². The minimum Gasteiger partial charge on any atom is -0.308 e. The van der Waals surface area contributed by atoms with Crippen molar-refractivity contribution in [2.75, 3.05) is 7.05 Å². The molecule has 0 fully saturated rings. The fourth-order valence-corrected chi connectivity index (χ4v) is 2.58. The second-order valence-corrected chi connectivity index (χ2v) is 5.10. The highest BCUT2D eigenvalue weighted by atomic mass is 79.9. The number of nitrogens with zero attached hydrogens (tertiary/aromatic N) is 2. The van der Waals surface area contributed by atoms with E-state index < -0.39 is 0 Å². The average molecular weight is 315 g/mol. The zero-order chi connectivity index (χ0) is 12.4. The van der Waals surface area contributed by atoms with Crippen LogP contribution in [0.25, 0.3) is 0 Å². The maximum absolute atomic E-state index is 6.17. The number of aromatic nitrogens is 2. The van der Waals surface area contributed by atoms with Gasteiger partial charge in [0, 0.05) is 11.5 Å². The summed E-state index contributed by atoms with van der Waals surface area (Å²) in [6, 6.07) is 8.18. The van der Waals surface area contributed by atoms with E-state index in [0.29, 0.717) is 5.02 Å². The summed E-state index contributed by atoms with van der Waals surface area (Å²) in [7, 11) is 3.80. The van der Waals surface area contributed by atoms with Crippen LogP contribution in [0.4, 0.5) is 0 Å². The third-order valence-electron chi connectivity index (χ3n) is 2.68. The van der Waals surface area contributed by atoms with Crippen LogP contribution >= 0.6 is 27.5 Å². The zero-order valence-electron chi connectivity index (χ0n) is 9.61. The number of rotatable bonds is 3. The quantitative estimate of drug-likeness (QED) is 0.943. The number of benzene rings is 1. The van der Waals surface area contributed by atoms with Crippen LogP contribution in [0.3, 0.4) is 0 Å². The first-order valence-corrected chi connectivity index (χ1v) is 6.40. The van der Waals surface area contributed by atoms with Crippen molar-refractivity contribution in [3.63, 3.8) is 0 Å². The van der Waals surface area contributed by atoms with E-state index in [1.54, 1.807) is 10.9 Å². The van der Waals surface area contributed by atoms with E-state index in [9.17, 15) is 0 Å². The fraction of sp³-hybridized carbons (Fsp3) is 0.250. The van der Waals surface area contributed by atoms with Gasteiger partial charge in [-0.15, -0.1) is 0 Å². The Kier molecular flexibility index (Phi) is 3.86. The third-order valence-corrected chi connectivity index (χ3v) is 3.47. The predicted octanol–water partition coefficient (Wildman–Crippen LogP) is 3.14. The summed E-state index contributed by atoms with van der Waals surface area (Å²) < 4.78 is 2.85. The van der Waals surface area contributed by atoms with Crippen molar-refractivity contribution in [1.29, 1.82) is 0 Å². The van der Waals surface area contributed by atoms with Crippen LogP contribution in [0, 0.1) is 0 Å². The van der Waals surface area contributed by atoms with Gasteiger partial charge >= 0.3 is 0 Å². The van der Waals surface area contributed by atoms with E-state index in [-0.39, 0.29) is 6.04 Å². The molecule has 2 aromatic rings. The average Bonchev–Trinajstić information content (AvgIpc) is 2.62. The molecule has 0 aliphatic heterocycles. The molecule has 0 aliphatic rings. The summed E-state index contributed by atoms with van der Waals surface area (Å²) in [5, 5.41) is 8.10. The van der Waals surface area contributed by atoms with Crippen LogP contribution in [0.1, 0.15) is 17.3 Å². The number of hydrogen-bond acceptors (Lipinski definition) is 2. The molecule has 1 aromatic carbocycles. The van der Waals surface area contributed by atoms with E-state index in [0.717, 1.165) is 15.7 Å². The number of aryl methyl sites for hydroxylation is 1. The van der Waals surface area contributed by atoms with Gasteiger partial charge in [0.15, 0.2) is 0 Å². The van der Waals surface area contributed by atoms with Gasteiger partial charge in [0.25, 0.3) is 0 Å². The van der Waals surface area contributed by atoms with Gasteiger partial charge in [-0.3, -0.25) is 4.68 Å². The summed E-state index contributed by atoms with van der Waals surface area (Å²) in [6.45, 7) is 0. The lowest BCUT2D eigenvalue weighted by Crippen LogP contribution is -2.21. The van der Waals surface area contributed by atoms with Crippen LogP contribution in [-0.2, 0) is 7.05 Å². The van der Waals surface area contributed by atoms with Crippen LogP contribution in [-0.4, -0.2) is 16.8 Å². The van der Waals surface area contributed by atoms with Gasteiger partial charge in [-0.2, -0.15) is 5.10 Å². The number of halogens is 2. The van der Waals surface area contributed by atoms with E-state index in [4.69, 9.17) is 11.6 Å².